The summed E-state index contributed by atoms with van der Waals surface area (Å²) in [4.78, 5) is 25.1. The van der Waals surface area contributed by atoms with Crippen molar-refractivity contribution in [2.24, 2.45) is 5.73 Å². The second-order valence-electron chi connectivity index (χ2n) is 4.32. The number of hydrogen-bond donors (Lipinski definition) is 2. The Balaban J connectivity index is 1.99. The van der Waals surface area contributed by atoms with E-state index in [9.17, 15) is 9.59 Å². The summed E-state index contributed by atoms with van der Waals surface area (Å²) in [6.07, 6.45) is 0. The minimum absolute atomic E-state index is 0.217. The van der Waals surface area contributed by atoms with Gasteiger partial charge in [0.1, 0.15) is 6.04 Å². The molecule has 1 aliphatic rings. The number of nitrogens with zero attached hydrogens (tertiary/aromatic N) is 1. The van der Waals surface area contributed by atoms with Crippen LogP contribution in [0.2, 0.25) is 5.02 Å². The minimum atomic E-state index is -0.658. The van der Waals surface area contributed by atoms with Gasteiger partial charge < -0.3 is 15.8 Å². The fourth-order valence-corrected chi connectivity index (χ4v) is 2.08. The molecule has 0 radical (unpaired) electrons. The van der Waals surface area contributed by atoms with Crippen molar-refractivity contribution in [1.29, 1.82) is 0 Å². The van der Waals surface area contributed by atoms with E-state index in [4.69, 9.17) is 22.1 Å². The molecule has 2 rings (SSSR count). The molecule has 1 saturated heterocycles. The molecule has 1 heterocycles. The van der Waals surface area contributed by atoms with Crippen LogP contribution in [0.1, 0.15) is 11.6 Å². The van der Waals surface area contributed by atoms with Crippen LogP contribution in [-0.2, 0) is 9.53 Å². The minimum Gasteiger partial charge on any atom is -0.378 e. The number of carbonyl (C=O) groups excluding carboxylic acids is 2. The Bertz CT molecular complexity index is 492. The summed E-state index contributed by atoms with van der Waals surface area (Å²) in [6, 6.07) is 5.74. The molecule has 1 aliphatic heterocycles. The summed E-state index contributed by atoms with van der Waals surface area (Å²) < 4.78 is 5.18. The first kappa shape index (κ1) is 14.8. The SMILES string of the molecule is NCCOCCN1C(=O)NC(c2ccc(Cl)cc2)C1=O. The van der Waals surface area contributed by atoms with Crippen LogP contribution >= 0.6 is 11.6 Å². The molecule has 0 bridgehead atoms. The maximum Gasteiger partial charge on any atom is 0.325 e. The lowest BCUT2D eigenvalue weighted by Gasteiger charge is -2.13. The summed E-state index contributed by atoms with van der Waals surface area (Å²) in [6.45, 7) is 1.32. The molecule has 1 aromatic carbocycles. The average Bonchev–Trinajstić information content (AvgIpc) is 2.72. The van der Waals surface area contributed by atoms with Crippen LogP contribution in [0, 0.1) is 0 Å². The van der Waals surface area contributed by atoms with E-state index in [1.165, 1.54) is 0 Å². The van der Waals surface area contributed by atoms with Gasteiger partial charge in [0.05, 0.1) is 19.8 Å². The molecule has 1 unspecified atom stereocenters. The fourth-order valence-electron chi connectivity index (χ4n) is 1.95. The number of urea groups is 1. The monoisotopic (exact) mass is 297 g/mol. The molecule has 0 spiro atoms. The Labute approximate surface area is 121 Å². The zero-order valence-corrected chi connectivity index (χ0v) is 11.6. The van der Waals surface area contributed by atoms with Gasteiger partial charge >= 0.3 is 6.03 Å². The molecule has 20 heavy (non-hydrogen) atoms. The zero-order chi connectivity index (χ0) is 14.5. The lowest BCUT2D eigenvalue weighted by atomic mass is 10.1. The van der Waals surface area contributed by atoms with Crippen LogP contribution < -0.4 is 11.1 Å². The number of amides is 3. The molecule has 1 aromatic rings. The van der Waals surface area contributed by atoms with E-state index in [2.05, 4.69) is 5.32 Å². The number of rotatable bonds is 6. The molecule has 0 aromatic heterocycles. The van der Waals surface area contributed by atoms with Crippen molar-refractivity contribution in [3.63, 3.8) is 0 Å². The third-order valence-electron chi connectivity index (χ3n) is 2.95. The first-order valence-corrected chi connectivity index (χ1v) is 6.66. The van der Waals surface area contributed by atoms with Crippen molar-refractivity contribution in [2.75, 3.05) is 26.3 Å². The molecule has 3 amide bonds. The second kappa shape index (κ2) is 6.69. The maximum absolute atomic E-state index is 12.2. The molecule has 1 fully saturated rings. The van der Waals surface area contributed by atoms with E-state index in [1.807, 2.05) is 0 Å². The van der Waals surface area contributed by atoms with Crippen molar-refractivity contribution < 1.29 is 14.3 Å². The highest BCUT2D eigenvalue weighted by atomic mass is 35.5. The number of nitrogens with two attached hydrogens (primary N) is 1. The van der Waals surface area contributed by atoms with E-state index in [0.717, 1.165) is 4.90 Å². The summed E-state index contributed by atoms with van der Waals surface area (Å²) >= 11 is 5.80. The van der Waals surface area contributed by atoms with Crippen LogP contribution in [0.4, 0.5) is 4.79 Å². The van der Waals surface area contributed by atoms with Crippen LogP contribution in [0.5, 0.6) is 0 Å². The van der Waals surface area contributed by atoms with E-state index in [-0.39, 0.29) is 19.1 Å². The summed E-state index contributed by atoms with van der Waals surface area (Å²) in [7, 11) is 0. The summed E-state index contributed by atoms with van der Waals surface area (Å²) in [5.41, 5.74) is 6.00. The third kappa shape index (κ3) is 3.27. The first-order valence-electron chi connectivity index (χ1n) is 6.28. The molecule has 1 atom stereocenters. The molecule has 6 nitrogen and oxygen atoms in total. The van der Waals surface area contributed by atoms with Gasteiger partial charge in [0.2, 0.25) is 0 Å². The van der Waals surface area contributed by atoms with Gasteiger partial charge in [-0.15, -0.1) is 0 Å². The highest BCUT2D eigenvalue weighted by Gasteiger charge is 2.38. The van der Waals surface area contributed by atoms with E-state index in [0.29, 0.717) is 23.7 Å². The molecule has 108 valence electrons. The predicted octanol–water partition coefficient (Wildman–Crippen LogP) is 0.908. The lowest BCUT2D eigenvalue weighted by Crippen LogP contribution is -2.34. The highest BCUT2D eigenvalue weighted by molar-refractivity contribution is 6.30. The van der Waals surface area contributed by atoms with Gasteiger partial charge in [-0.2, -0.15) is 0 Å². The average molecular weight is 298 g/mol. The number of halogens is 1. The standard InChI is InChI=1S/C13H16ClN3O3/c14-10-3-1-9(2-4-10)11-12(18)17(13(19)16-11)6-8-20-7-5-15/h1-4,11H,5-8,15H2,(H,16,19). The van der Waals surface area contributed by atoms with Gasteiger partial charge in [-0.3, -0.25) is 9.69 Å². The number of ether oxygens (including phenoxy) is 1. The van der Waals surface area contributed by atoms with Crippen LogP contribution in [0.15, 0.2) is 24.3 Å². The van der Waals surface area contributed by atoms with Crippen LogP contribution in [0.25, 0.3) is 0 Å². The smallest absolute Gasteiger partial charge is 0.325 e. The van der Waals surface area contributed by atoms with Gasteiger partial charge in [-0.25, -0.2) is 4.79 Å². The van der Waals surface area contributed by atoms with Crippen molar-refractivity contribution in [3.8, 4) is 0 Å². The number of benzene rings is 1. The summed E-state index contributed by atoms with van der Waals surface area (Å²) in [5.74, 6) is -0.284. The largest absolute Gasteiger partial charge is 0.378 e. The number of nitrogens with one attached hydrogen (secondary N) is 1. The normalized spacial score (nSPS) is 18.5. The van der Waals surface area contributed by atoms with Gasteiger partial charge in [0, 0.05) is 11.6 Å². The molecule has 3 N–H and O–H groups in total. The molecule has 7 heteroatoms. The third-order valence-corrected chi connectivity index (χ3v) is 3.20. The number of imide groups is 1. The topological polar surface area (TPSA) is 84.7 Å². The Kier molecular flexibility index (Phi) is 4.94. The van der Waals surface area contributed by atoms with E-state index >= 15 is 0 Å². The summed E-state index contributed by atoms with van der Waals surface area (Å²) in [5, 5.41) is 3.23. The van der Waals surface area contributed by atoms with Crippen molar-refractivity contribution in [1.82, 2.24) is 10.2 Å². The molecular weight excluding hydrogens is 282 g/mol. The zero-order valence-electron chi connectivity index (χ0n) is 10.8. The molecular formula is C13H16ClN3O3. The predicted molar refractivity (Wildman–Crippen MR) is 74.3 cm³/mol. The Morgan fingerprint density at radius 2 is 1.95 bits per heavy atom. The van der Waals surface area contributed by atoms with Gasteiger partial charge in [-0.05, 0) is 17.7 Å². The van der Waals surface area contributed by atoms with Gasteiger partial charge in [0.15, 0.2) is 0 Å². The second-order valence-corrected chi connectivity index (χ2v) is 4.76. The van der Waals surface area contributed by atoms with Crippen LogP contribution in [0.3, 0.4) is 0 Å². The van der Waals surface area contributed by atoms with E-state index in [1.54, 1.807) is 24.3 Å². The molecule has 0 saturated carbocycles. The highest BCUT2D eigenvalue weighted by Crippen LogP contribution is 2.23. The van der Waals surface area contributed by atoms with Crippen molar-refractivity contribution in [2.45, 2.75) is 6.04 Å². The quantitative estimate of drug-likeness (QED) is 0.604. The Hall–Kier alpha value is -1.63. The molecule has 0 aliphatic carbocycles. The van der Waals surface area contributed by atoms with Crippen LogP contribution in [-0.4, -0.2) is 43.1 Å². The number of hydrogen-bond acceptors (Lipinski definition) is 4. The number of carbonyl (C=O) groups is 2. The van der Waals surface area contributed by atoms with Crippen molar-refractivity contribution >= 4 is 23.5 Å². The van der Waals surface area contributed by atoms with Crippen molar-refractivity contribution in [3.05, 3.63) is 34.9 Å². The lowest BCUT2D eigenvalue weighted by molar-refractivity contribution is -0.128. The van der Waals surface area contributed by atoms with E-state index < -0.39 is 12.1 Å². The maximum atomic E-state index is 12.2. The Morgan fingerprint density at radius 3 is 2.60 bits per heavy atom. The van der Waals surface area contributed by atoms with Gasteiger partial charge in [0.25, 0.3) is 5.91 Å². The first-order chi connectivity index (χ1) is 9.63. The Morgan fingerprint density at radius 1 is 1.25 bits per heavy atom. The van der Waals surface area contributed by atoms with Gasteiger partial charge in [-0.1, -0.05) is 23.7 Å². The fraction of sp³-hybridized carbons (Fsp3) is 0.385.